The Labute approximate surface area is 145 Å². The van der Waals surface area contributed by atoms with Crippen molar-refractivity contribution in [2.45, 2.75) is 32.9 Å². The molecule has 0 bridgehead atoms. The molecule has 1 aromatic heterocycles. The van der Waals surface area contributed by atoms with E-state index < -0.39 is 5.97 Å². The second-order valence-electron chi connectivity index (χ2n) is 6.35. The van der Waals surface area contributed by atoms with Gasteiger partial charge >= 0.3 is 5.97 Å². The lowest BCUT2D eigenvalue weighted by Gasteiger charge is -2.30. The van der Waals surface area contributed by atoms with Crippen LogP contribution in [-0.4, -0.2) is 45.1 Å². The molecule has 0 saturated carbocycles. The Morgan fingerprint density at radius 1 is 1.28 bits per heavy atom. The molecular weight excluding hydrogens is 322 g/mol. The maximum atomic E-state index is 12.8. The molecule has 0 unspecified atom stereocenters. The fraction of sp³-hybridized carbons (Fsp3) is 0.389. The molecule has 132 valence electrons. The van der Waals surface area contributed by atoms with Crippen molar-refractivity contribution in [1.29, 1.82) is 0 Å². The normalized spacial score (nSPS) is 13.7. The van der Waals surface area contributed by atoms with Gasteiger partial charge in [0.25, 0.3) is 5.91 Å². The quantitative estimate of drug-likeness (QED) is 0.921. The topological polar surface area (TPSA) is 84.7 Å². The van der Waals surface area contributed by atoms with Crippen LogP contribution in [0.1, 0.15) is 51.9 Å². The lowest BCUT2D eigenvalue weighted by atomic mass is 9.93. The molecule has 1 aliphatic rings. The number of aromatic nitrogens is 2. The van der Waals surface area contributed by atoms with Gasteiger partial charge in [0, 0.05) is 30.9 Å². The first-order valence-corrected chi connectivity index (χ1v) is 8.17. The molecule has 0 radical (unpaired) electrons. The number of nitrogens with zero attached hydrogens (tertiary/aromatic N) is 3. The van der Waals surface area contributed by atoms with Crippen LogP contribution in [0.25, 0.3) is 0 Å². The predicted octanol–water partition coefficient (Wildman–Crippen LogP) is 2.37. The van der Waals surface area contributed by atoms with Crippen LogP contribution in [0, 0.1) is 0 Å². The first-order chi connectivity index (χ1) is 11.9. The summed E-state index contributed by atoms with van der Waals surface area (Å²) in [5, 5.41) is 9.38. The number of benzene rings is 1. The largest absolute Gasteiger partial charge is 0.496 e. The van der Waals surface area contributed by atoms with Gasteiger partial charge in [-0.3, -0.25) is 4.79 Å². The minimum Gasteiger partial charge on any atom is -0.496 e. The zero-order chi connectivity index (χ0) is 18.1. The standard InChI is InChI=1S/C18H21N3O4/c1-11(2)21-9-15(19-10-21)17(22)20-7-6-12-13(18(23)24)4-5-16(25-3)14(12)8-20/h4-5,9-11H,6-8H2,1-3H3,(H,23,24). The van der Waals surface area contributed by atoms with E-state index in [-0.39, 0.29) is 17.5 Å². The zero-order valence-electron chi connectivity index (χ0n) is 14.5. The number of carbonyl (C=O) groups is 2. The van der Waals surface area contributed by atoms with E-state index in [0.29, 0.717) is 31.0 Å². The van der Waals surface area contributed by atoms with E-state index in [1.807, 2.05) is 18.4 Å². The van der Waals surface area contributed by atoms with Crippen LogP contribution in [0.3, 0.4) is 0 Å². The molecule has 0 fully saturated rings. The average Bonchev–Trinajstić information content (AvgIpc) is 3.09. The number of carboxylic acids is 1. The summed E-state index contributed by atoms with van der Waals surface area (Å²) in [5.74, 6) is -0.521. The van der Waals surface area contributed by atoms with Crippen LogP contribution in [0.5, 0.6) is 5.75 Å². The highest BCUT2D eigenvalue weighted by Crippen LogP contribution is 2.31. The Morgan fingerprint density at radius 2 is 2.04 bits per heavy atom. The van der Waals surface area contributed by atoms with E-state index in [4.69, 9.17) is 4.74 Å². The Kier molecular flexibility index (Phi) is 4.48. The van der Waals surface area contributed by atoms with Gasteiger partial charge in [0.15, 0.2) is 0 Å². The summed E-state index contributed by atoms with van der Waals surface area (Å²) in [6.07, 6.45) is 3.87. The number of imidazole rings is 1. The molecule has 2 aromatic rings. The molecule has 1 aromatic carbocycles. The second kappa shape index (κ2) is 6.58. The maximum absolute atomic E-state index is 12.8. The molecule has 0 aliphatic carbocycles. The van der Waals surface area contributed by atoms with Crippen LogP contribution in [-0.2, 0) is 13.0 Å². The van der Waals surface area contributed by atoms with Crippen LogP contribution < -0.4 is 4.74 Å². The highest BCUT2D eigenvalue weighted by Gasteiger charge is 2.28. The van der Waals surface area contributed by atoms with Crippen LogP contribution >= 0.6 is 0 Å². The minimum absolute atomic E-state index is 0.159. The fourth-order valence-corrected chi connectivity index (χ4v) is 3.10. The van der Waals surface area contributed by atoms with Crippen molar-refractivity contribution in [2.24, 2.45) is 0 Å². The molecule has 2 heterocycles. The lowest BCUT2D eigenvalue weighted by Crippen LogP contribution is -2.37. The molecule has 0 spiro atoms. The number of ether oxygens (including phenoxy) is 1. The van der Waals surface area contributed by atoms with Gasteiger partial charge < -0.3 is 19.3 Å². The van der Waals surface area contributed by atoms with Crippen molar-refractivity contribution in [2.75, 3.05) is 13.7 Å². The van der Waals surface area contributed by atoms with Gasteiger partial charge in [0.1, 0.15) is 11.4 Å². The van der Waals surface area contributed by atoms with Gasteiger partial charge in [-0.05, 0) is 38.0 Å². The Balaban J connectivity index is 1.90. The van der Waals surface area contributed by atoms with Crippen LogP contribution in [0.2, 0.25) is 0 Å². The van der Waals surface area contributed by atoms with Crippen molar-refractivity contribution >= 4 is 11.9 Å². The van der Waals surface area contributed by atoms with Crippen LogP contribution in [0.15, 0.2) is 24.7 Å². The van der Waals surface area contributed by atoms with Crippen molar-refractivity contribution in [3.63, 3.8) is 0 Å². The maximum Gasteiger partial charge on any atom is 0.335 e. The number of amides is 1. The molecule has 7 heteroatoms. The third-order valence-corrected chi connectivity index (χ3v) is 4.52. The summed E-state index contributed by atoms with van der Waals surface area (Å²) in [6, 6.07) is 3.43. The van der Waals surface area contributed by atoms with E-state index in [2.05, 4.69) is 4.98 Å². The van der Waals surface area contributed by atoms with Crippen molar-refractivity contribution < 1.29 is 19.4 Å². The Hall–Kier alpha value is -2.83. The number of hydrogen-bond acceptors (Lipinski definition) is 4. The fourth-order valence-electron chi connectivity index (χ4n) is 3.10. The van der Waals surface area contributed by atoms with E-state index in [1.165, 1.54) is 0 Å². The van der Waals surface area contributed by atoms with Gasteiger partial charge in [-0.15, -0.1) is 0 Å². The summed E-state index contributed by atoms with van der Waals surface area (Å²) in [7, 11) is 1.54. The molecule has 0 saturated heterocycles. The van der Waals surface area contributed by atoms with Gasteiger partial charge in [0.05, 0.1) is 19.0 Å². The highest BCUT2D eigenvalue weighted by molar-refractivity contribution is 5.93. The van der Waals surface area contributed by atoms with E-state index in [9.17, 15) is 14.7 Å². The molecule has 25 heavy (non-hydrogen) atoms. The summed E-state index contributed by atoms with van der Waals surface area (Å²) in [6.45, 7) is 4.80. The molecular formula is C18H21N3O4. The minimum atomic E-state index is -0.964. The van der Waals surface area contributed by atoms with Gasteiger partial charge in [0.2, 0.25) is 0 Å². The molecule has 0 atom stereocenters. The zero-order valence-corrected chi connectivity index (χ0v) is 14.5. The third-order valence-electron chi connectivity index (χ3n) is 4.52. The molecule has 3 rings (SSSR count). The second-order valence-corrected chi connectivity index (χ2v) is 6.35. The van der Waals surface area contributed by atoms with E-state index in [0.717, 1.165) is 11.1 Å². The summed E-state index contributed by atoms with van der Waals surface area (Å²) < 4.78 is 7.25. The van der Waals surface area contributed by atoms with Crippen molar-refractivity contribution in [1.82, 2.24) is 14.5 Å². The SMILES string of the molecule is COc1ccc(C(=O)O)c2c1CN(C(=O)c1cn(C(C)C)cn1)CC2. The predicted molar refractivity (Wildman–Crippen MR) is 91.0 cm³/mol. The van der Waals surface area contributed by atoms with E-state index >= 15 is 0 Å². The van der Waals surface area contributed by atoms with Crippen LogP contribution in [0.4, 0.5) is 0 Å². The van der Waals surface area contributed by atoms with Gasteiger partial charge in [-0.2, -0.15) is 0 Å². The molecule has 7 nitrogen and oxygen atoms in total. The number of carbonyl (C=O) groups excluding carboxylic acids is 1. The monoisotopic (exact) mass is 343 g/mol. The first-order valence-electron chi connectivity index (χ1n) is 8.17. The number of aromatic carboxylic acids is 1. The van der Waals surface area contributed by atoms with Gasteiger partial charge in [-0.1, -0.05) is 0 Å². The lowest BCUT2D eigenvalue weighted by molar-refractivity contribution is 0.0693. The smallest absolute Gasteiger partial charge is 0.335 e. The number of hydrogen-bond donors (Lipinski definition) is 1. The molecule has 1 aliphatic heterocycles. The Bertz CT molecular complexity index is 826. The third kappa shape index (κ3) is 3.09. The highest BCUT2D eigenvalue weighted by atomic mass is 16.5. The summed E-state index contributed by atoms with van der Waals surface area (Å²) >= 11 is 0. The van der Waals surface area contributed by atoms with E-state index in [1.54, 1.807) is 36.7 Å². The molecule has 1 N–H and O–H groups in total. The molecule has 1 amide bonds. The van der Waals surface area contributed by atoms with Crippen molar-refractivity contribution in [3.8, 4) is 5.75 Å². The first kappa shape index (κ1) is 17.0. The number of fused-ring (bicyclic) bond motifs is 1. The van der Waals surface area contributed by atoms with Gasteiger partial charge in [-0.25, -0.2) is 9.78 Å². The number of methoxy groups -OCH3 is 1. The average molecular weight is 343 g/mol. The summed E-state index contributed by atoms with van der Waals surface area (Å²) in [5.41, 5.74) is 2.16. The van der Waals surface area contributed by atoms with Crippen molar-refractivity contribution in [3.05, 3.63) is 47.0 Å². The number of carboxylic acid groups (broad SMARTS) is 1. The number of rotatable bonds is 4. The Morgan fingerprint density at radius 3 is 2.64 bits per heavy atom. The summed E-state index contributed by atoms with van der Waals surface area (Å²) in [4.78, 5) is 30.1.